The number of benzene rings is 1. The first kappa shape index (κ1) is 12.9. The average molecular weight is 248 g/mol. The van der Waals surface area contributed by atoms with Crippen molar-refractivity contribution in [3.05, 3.63) is 29.8 Å². The normalized spacial score (nSPS) is 19.7. The molecule has 1 atom stereocenters. The summed E-state index contributed by atoms with van der Waals surface area (Å²) >= 11 is 0. The Bertz CT molecular complexity index is 420. The van der Waals surface area contributed by atoms with Gasteiger partial charge in [0.15, 0.2) is 0 Å². The maximum Gasteiger partial charge on any atom is 0.337 e. The molecule has 4 nitrogen and oxygen atoms in total. The number of methoxy groups -OCH3 is 1. The molecule has 0 saturated carbocycles. The van der Waals surface area contributed by atoms with Crippen LogP contribution in [0.15, 0.2) is 24.3 Å². The lowest BCUT2D eigenvalue weighted by molar-refractivity contribution is 0.0601. The molecule has 1 N–H and O–H groups in total. The van der Waals surface area contributed by atoms with Gasteiger partial charge in [-0.15, -0.1) is 0 Å². The highest BCUT2D eigenvalue weighted by atomic mass is 16.5. The Labute approximate surface area is 108 Å². The van der Waals surface area contributed by atoms with E-state index in [9.17, 15) is 4.79 Å². The van der Waals surface area contributed by atoms with E-state index >= 15 is 0 Å². The van der Waals surface area contributed by atoms with E-state index in [-0.39, 0.29) is 5.97 Å². The molecule has 1 fully saturated rings. The zero-order valence-electron chi connectivity index (χ0n) is 11.0. The molecular formula is C14H20N2O2. The zero-order chi connectivity index (χ0) is 13.0. The summed E-state index contributed by atoms with van der Waals surface area (Å²) in [5.41, 5.74) is 1.71. The minimum Gasteiger partial charge on any atom is -0.465 e. The molecule has 1 aromatic rings. The number of piperazine rings is 1. The Kier molecular flexibility index (Phi) is 4.20. The van der Waals surface area contributed by atoms with Gasteiger partial charge in [-0.05, 0) is 24.6 Å². The lowest BCUT2D eigenvalue weighted by Gasteiger charge is -2.35. The number of esters is 1. The van der Waals surface area contributed by atoms with Gasteiger partial charge in [-0.25, -0.2) is 4.79 Å². The van der Waals surface area contributed by atoms with E-state index in [1.54, 1.807) is 6.07 Å². The summed E-state index contributed by atoms with van der Waals surface area (Å²) in [6.07, 6.45) is 1.12. The van der Waals surface area contributed by atoms with Gasteiger partial charge in [-0.2, -0.15) is 0 Å². The average Bonchev–Trinajstić information content (AvgIpc) is 2.46. The highest BCUT2D eigenvalue weighted by Gasteiger charge is 2.18. The summed E-state index contributed by atoms with van der Waals surface area (Å²) in [5.74, 6) is -0.279. The van der Waals surface area contributed by atoms with Crippen LogP contribution in [0.3, 0.4) is 0 Å². The Morgan fingerprint density at radius 1 is 1.56 bits per heavy atom. The first-order valence-electron chi connectivity index (χ1n) is 6.41. The summed E-state index contributed by atoms with van der Waals surface area (Å²) in [6, 6.07) is 8.17. The third-order valence-corrected chi connectivity index (χ3v) is 3.38. The molecule has 0 aromatic heterocycles. The molecule has 0 spiro atoms. The van der Waals surface area contributed by atoms with Crippen LogP contribution in [0.2, 0.25) is 0 Å². The van der Waals surface area contributed by atoms with Crippen LogP contribution < -0.4 is 10.2 Å². The van der Waals surface area contributed by atoms with Crippen LogP contribution in [0, 0.1) is 0 Å². The minimum absolute atomic E-state index is 0.279. The fourth-order valence-corrected chi connectivity index (χ4v) is 2.28. The van der Waals surface area contributed by atoms with Crippen LogP contribution in [0.1, 0.15) is 23.7 Å². The molecule has 0 radical (unpaired) electrons. The van der Waals surface area contributed by atoms with Crippen molar-refractivity contribution in [1.82, 2.24) is 5.32 Å². The minimum atomic E-state index is -0.279. The number of carbonyl (C=O) groups is 1. The van der Waals surface area contributed by atoms with Gasteiger partial charge < -0.3 is 15.0 Å². The molecule has 98 valence electrons. The van der Waals surface area contributed by atoms with Gasteiger partial charge in [0.2, 0.25) is 0 Å². The monoisotopic (exact) mass is 248 g/mol. The van der Waals surface area contributed by atoms with Crippen molar-refractivity contribution >= 4 is 11.7 Å². The van der Waals surface area contributed by atoms with Crippen molar-refractivity contribution < 1.29 is 9.53 Å². The lowest BCUT2D eigenvalue weighted by atomic mass is 10.1. The first-order chi connectivity index (χ1) is 8.74. The molecule has 1 aliphatic heterocycles. The molecule has 1 unspecified atom stereocenters. The number of hydrogen-bond acceptors (Lipinski definition) is 4. The third-order valence-electron chi connectivity index (χ3n) is 3.38. The largest absolute Gasteiger partial charge is 0.465 e. The van der Waals surface area contributed by atoms with E-state index in [0.717, 1.165) is 31.7 Å². The molecule has 0 aliphatic carbocycles. The summed E-state index contributed by atoms with van der Waals surface area (Å²) in [5, 5.41) is 3.48. The number of hydrogen-bond donors (Lipinski definition) is 1. The Morgan fingerprint density at radius 2 is 2.39 bits per heavy atom. The molecule has 1 saturated heterocycles. The molecule has 0 amide bonds. The Balaban J connectivity index is 2.15. The predicted octanol–water partition coefficient (Wildman–Crippen LogP) is 1.66. The summed E-state index contributed by atoms with van der Waals surface area (Å²) in [7, 11) is 1.41. The second-order valence-electron chi connectivity index (χ2n) is 4.55. The van der Waals surface area contributed by atoms with Crippen LogP contribution >= 0.6 is 0 Å². The van der Waals surface area contributed by atoms with Crippen molar-refractivity contribution in [3.63, 3.8) is 0 Å². The van der Waals surface area contributed by atoms with Crippen molar-refractivity contribution in [2.75, 3.05) is 31.6 Å². The number of nitrogens with zero attached hydrogens (tertiary/aromatic N) is 1. The van der Waals surface area contributed by atoms with Gasteiger partial charge in [-0.3, -0.25) is 0 Å². The standard InChI is InChI=1S/C14H20N2O2/c1-3-12-10-16(8-7-15-12)13-6-4-5-11(9-13)14(17)18-2/h4-6,9,12,15H,3,7-8,10H2,1-2H3. The number of nitrogens with one attached hydrogen (secondary N) is 1. The van der Waals surface area contributed by atoms with Crippen molar-refractivity contribution in [2.24, 2.45) is 0 Å². The van der Waals surface area contributed by atoms with Gasteiger partial charge in [0.1, 0.15) is 0 Å². The second-order valence-corrected chi connectivity index (χ2v) is 4.55. The van der Waals surface area contributed by atoms with Gasteiger partial charge in [-0.1, -0.05) is 13.0 Å². The quantitative estimate of drug-likeness (QED) is 0.826. The van der Waals surface area contributed by atoms with E-state index in [1.807, 2.05) is 18.2 Å². The van der Waals surface area contributed by atoms with Crippen LogP contribution in [0.4, 0.5) is 5.69 Å². The molecule has 0 bridgehead atoms. The first-order valence-corrected chi connectivity index (χ1v) is 6.41. The number of ether oxygens (including phenoxy) is 1. The second kappa shape index (κ2) is 5.87. The van der Waals surface area contributed by atoms with Gasteiger partial charge in [0.05, 0.1) is 12.7 Å². The van der Waals surface area contributed by atoms with E-state index in [4.69, 9.17) is 4.74 Å². The maximum atomic E-state index is 11.5. The highest BCUT2D eigenvalue weighted by Crippen LogP contribution is 2.18. The number of rotatable bonds is 3. The number of anilines is 1. The van der Waals surface area contributed by atoms with Crippen molar-refractivity contribution in [1.29, 1.82) is 0 Å². The van der Waals surface area contributed by atoms with Gasteiger partial charge in [0.25, 0.3) is 0 Å². The van der Waals surface area contributed by atoms with Crippen LogP contribution in [0.5, 0.6) is 0 Å². The predicted molar refractivity (Wildman–Crippen MR) is 72.1 cm³/mol. The van der Waals surface area contributed by atoms with Crippen LogP contribution in [-0.4, -0.2) is 38.8 Å². The maximum absolute atomic E-state index is 11.5. The zero-order valence-corrected chi connectivity index (χ0v) is 11.0. The molecule has 4 heteroatoms. The molecule has 1 heterocycles. The Morgan fingerprint density at radius 3 is 3.11 bits per heavy atom. The smallest absolute Gasteiger partial charge is 0.337 e. The molecule has 2 rings (SSSR count). The molecular weight excluding hydrogens is 228 g/mol. The third kappa shape index (κ3) is 2.82. The molecule has 1 aromatic carbocycles. The van der Waals surface area contributed by atoms with E-state index in [2.05, 4.69) is 17.1 Å². The van der Waals surface area contributed by atoms with E-state index in [1.165, 1.54) is 7.11 Å². The van der Waals surface area contributed by atoms with E-state index in [0.29, 0.717) is 11.6 Å². The summed E-state index contributed by atoms with van der Waals surface area (Å²) in [6.45, 7) is 5.13. The van der Waals surface area contributed by atoms with Gasteiger partial charge in [0, 0.05) is 31.4 Å². The Hall–Kier alpha value is -1.55. The van der Waals surface area contributed by atoms with E-state index < -0.39 is 0 Å². The fourth-order valence-electron chi connectivity index (χ4n) is 2.28. The van der Waals surface area contributed by atoms with Crippen LogP contribution in [0.25, 0.3) is 0 Å². The van der Waals surface area contributed by atoms with Crippen molar-refractivity contribution in [3.8, 4) is 0 Å². The molecule has 1 aliphatic rings. The topological polar surface area (TPSA) is 41.6 Å². The molecule has 18 heavy (non-hydrogen) atoms. The summed E-state index contributed by atoms with van der Waals surface area (Å²) in [4.78, 5) is 13.8. The van der Waals surface area contributed by atoms with Crippen molar-refractivity contribution in [2.45, 2.75) is 19.4 Å². The summed E-state index contributed by atoms with van der Waals surface area (Å²) < 4.78 is 4.75. The number of carbonyl (C=O) groups excluding carboxylic acids is 1. The highest BCUT2D eigenvalue weighted by molar-refractivity contribution is 5.90. The lowest BCUT2D eigenvalue weighted by Crippen LogP contribution is -2.50. The SMILES string of the molecule is CCC1CN(c2cccc(C(=O)OC)c2)CCN1. The fraction of sp³-hybridized carbons (Fsp3) is 0.500. The van der Waals surface area contributed by atoms with Crippen LogP contribution in [-0.2, 0) is 4.74 Å². The van der Waals surface area contributed by atoms with Gasteiger partial charge >= 0.3 is 5.97 Å².